The Kier molecular flexibility index (Phi) is 4.13. The summed E-state index contributed by atoms with van der Waals surface area (Å²) in [6.07, 6.45) is 2.06. The first kappa shape index (κ1) is 14.3. The molecule has 2 fully saturated rings. The molecular formula is C14H24N2O3. The van der Waals surface area contributed by atoms with Crippen LogP contribution in [0.5, 0.6) is 0 Å². The maximum atomic E-state index is 12.5. The van der Waals surface area contributed by atoms with Gasteiger partial charge in [0.1, 0.15) is 0 Å². The molecule has 2 unspecified atom stereocenters. The van der Waals surface area contributed by atoms with Gasteiger partial charge in [-0.2, -0.15) is 0 Å². The maximum Gasteiger partial charge on any atom is 0.311 e. The van der Waals surface area contributed by atoms with E-state index in [1.54, 1.807) is 4.90 Å². The van der Waals surface area contributed by atoms with E-state index in [0.29, 0.717) is 31.8 Å². The topological polar surface area (TPSA) is 69.6 Å². The van der Waals surface area contributed by atoms with Crippen LogP contribution in [0.1, 0.15) is 33.1 Å². The predicted octanol–water partition coefficient (Wildman–Crippen LogP) is 0.945. The lowest BCUT2D eigenvalue weighted by Crippen LogP contribution is -2.54. The number of carbonyl (C=O) groups excluding carboxylic acids is 1. The smallest absolute Gasteiger partial charge is 0.311 e. The van der Waals surface area contributed by atoms with Crippen LogP contribution in [0.25, 0.3) is 0 Å². The third-order valence-electron chi connectivity index (χ3n) is 4.93. The number of rotatable bonds is 4. The number of nitrogens with zero attached hydrogens (tertiary/aromatic N) is 1. The lowest BCUT2D eigenvalue weighted by Gasteiger charge is -2.42. The fraction of sp³-hybridized carbons (Fsp3) is 0.857. The Balaban J connectivity index is 2.03. The SMILES string of the molecule is CCC1(C(=O)O)CCCN(C(=O)C(C)C2CNC2)C1. The largest absolute Gasteiger partial charge is 0.481 e. The van der Waals surface area contributed by atoms with Gasteiger partial charge >= 0.3 is 5.97 Å². The minimum Gasteiger partial charge on any atom is -0.481 e. The number of aliphatic carboxylic acids is 1. The molecule has 0 aromatic carbocycles. The molecule has 0 aromatic rings. The van der Waals surface area contributed by atoms with Crippen LogP contribution in [0.15, 0.2) is 0 Å². The van der Waals surface area contributed by atoms with Gasteiger partial charge in [-0.25, -0.2) is 0 Å². The molecule has 0 saturated carbocycles. The van der Waals surface area contributed by atoms with E-state index in [0.717, 1.165) is 19.5 Å². The number of carboxylic acid groups (broad SMARTS) is 1. The first-order valence-electron chi connectivity index (χ1n) is 7.23. The van der Waals surface area contributed by atoms with Gasteiger partial charge in [0.2, 0.25) is 5.91 Å². The van der Waals surface area contributed by atoms with E-state index < -0.39 is 11.4 Å². The summed E-state index contributed by atoms with van der Waals surface area (Å²) in [5, 5.41) is 12.6. The molecule has 0 radical (unpaired) electrons. The number of nitrogens with one attached hydrogen (secondary N) is 1. The van der Waals surface area contributed by atoms with Crippen molar-refractivity contribution < 1.29 is 14.7 Å². The second-order valence-corrected chi connectivity index (χ2v) is 6.01. The van der Waals surface area contributed by atoms with Crippen LogP contribution in [0.3, 0.4) is 0 Å². The maximum absolute atomic E-state index is 12.5. The molecule has 0 aromatic heterocycles. The van der Waals surface area contributed by atoms with E-state index in [2.05, 4.69) is 5.32 Å². The van der Waals surface area contributed by atoms with Crippen molar-refractivity contribution in [2.45, 2.75) is 33.1 Å². The Morgan fingerprint density at radius 1 is 1.47 bits per heavy atom. The van der Waals surface area contributed by atoms with Crippen molar-refractivity contribution >= 4 is 11.9 Å². The second-order valence-electron chi connectivity index (χ2n) is 6.01. The number of hydrogen-bond donors (Lipinski definition) is 2. The molecule has 2 N–H and O–H groups in total. The zero-order chi connectivity index (χ0) is 14.0. The zero-order valence-corrected chi connectivity index (χ0v) is 11.8. The normalized spacial score (nSPS) is 29.7. The molecule has 108 valence electrons. The Morgan fingerprint density at radius 3 is 2.63 bits per heavy atom. The monoisotopic (exact) mass is 268 g/mol. The van der Waals surface area contributed by atoms with Gasteiger partial charge in [0.05, 0.1) is 5.41 Å². The Hall–Kier alpha value is -1.10. The number of piperidine rings is 1. The Labute approximate surface area is 114 Å². The number of hydrogen-bond acceptors (Lipinski definition) is 3. The van der Waals surface area contributed by atoms with Crippen LogP contribution in [-0.4, -0.2) is 48.1 Å². The highest BCUT2D eigenvalue weighted by atomic mass is 16.4. The van der Waals surface area contributed by atoms with Gasteiger partial charge in [-0.1, -0.05) is 13.8 Å². The first-order valence-corrected chi connectivity index (χ1v) is 7.23. The molecule has 1 amide bonds. The fourth-order valence-electron chi connectivity index (χ4n) is 3.09. The van der Waals surface area contributed by atoms with Gasteiger partial charge < -0.3 is 15.3 Å². The van der Waals surface area contributed by atoms with Crippen molar-refractivity contribution in [2.24, 2.45) is 17.3 Å². The number of carboxylic acids is 1. The zero-order valence-electron chi connectivity index (χ0n) is 11.8. The van der Waals surface area contributed by atoms with Crippen LogP contribution >= 0.6 is 0 Å². The second kappa shape index (κ2) is 5.49. The molecule has 2 saturated heterocycles. The lowest BCUT2D eigenvalue weighted by atomic mass is 9.77. The molecule has 19 heavy (non-hydrogen) atoms. The first-order chi connectivity index (χ1) is 9.00. The molecule has 2 rings (SSSR count). The molecule has 2 atom stereocenters. The minimum absolute atomic E-state index is 0.00250. The van der Waals surface area contributed by atoms with Crippen molar-refractivity contribution in [3.8, 4) is 0 Å². The third-order valence-corrected chi connectivity index (χ3v) is 4.93. The highest BCUT2D eigenvalue weighted by molar-refractivity contribution is 5.81. The third kappa shape index (κ3) is 2.61. The van der Waals surface area contributed by atoms with E-state index in [9.17, 15) is 14.7 Å². The summed E-state index contributed by atoms with van der Waals surface area (Å²) in [6, 6.07) is 0. The van der Waals surface area contributed by atoms with Gasteiger partial charge in [0.15, 0.2) is 0 Å². The molecular weight excluding hydrogens is 244 g/mol. The molecule has 5 heteroatoms. The van der Waals surface area contributed by atoms with E-state index in [1.165, 1.54) is 0 Å². The van der Waals surface area contributed by atoms with Gasteiger partial charge in [-0.3, -0.25) is 9.59 Å². The lowest BCUT2D eigenvalue weighted by molar-refractivity contribution is -0.156. The summed E-state index contributed by atoms with van der Waals surface area (Å²) in [6.45, 7) is 6.76. The highest BCUT2D eigenvalue weighted by Gasteiger charge is 2.43. The highest BCUT2D eigenvalue weighted by Crippen LogP contribution is 2.34. The molecule has 2 aliphatic rings. The standard InChI is InChI=1S/C14H24N2O3/c1-3-14(13(18)19)5-4-6-16(9-14)12(17)10(2)11-7-15-8-11/h10-11,15H,3-9H2,1-2H3,(H,18,19). The van der Waals surface area contributed by atoms with E-state index in [-0.39, 0.29) is 11.8 Å². The average Bonchev–Trinajstić information content (AvgIpc) is 2.35. The van der Waals surface area contributed by atoms with Crippen LogP contribution in [-0.2, 0) is 9.59 Å². The summed E-state index contributed by atoms with van der Waals surface area (Å²) in [5.41, 5.74) is -0.731. The molecule has 5 nitrogen and oxygen atoms in total. The van der Waals surface area contributed by atoms with Crippen LogP contribution in [0, 0.1) is 17.3 Å². The molecule has 0 aliphatic carbocycles. The van der Waals surface area contributed by atoms with Crippen LogP contribution < -0.4 is 5.32 Å². The van der Waals surface area contributed by atoms with E-state index in [4.69, 9.17) is 0 Å². The fourth-order valence-corrected chi connectivity index (χ4v) is 3.09. The van der Waals surface area contributed by atoms with Crippen LogP contribution in [0.4, 0.5) is 0 Å². The summed E-state index contributed by atoms with van der Waals surface area (Å²) >= 11 is 0. The summed E-state index contributed by atoms with van der Waals surface area (Å²) < 4.78 is 0. The Bertz CT molecular complexity index is 368. The quantitative estimate of drug-likeness (QED) is 0.796. The summed E-state index contributed by atoms with van der Waals surface area (Å²) in [7, 11) is 0. The van der Waals surface area contributed by atoms with Crippen molar-refractivity contribution in [3.63, 3.8) is 0 Å². The molecule has 2 heterocycles. The minimum atomic E-state index is -0.759. The van der Waals surface area contributed by atoms with E-state index >= 15 is 0 Å². The van der Waals surface area contributed by atoms with Gasteiger partial charge in [-0.15, -0.1) is 0 Å². The molecule has 0 bridgehead atoms. The van der Waals surface area contributed by atoms with Crippen molar-refractivity contribution in [2.75, 3.05) is 26.2 Å². The van der Waals surface area contributed by atoms with Crippen LogP contribution in [0.2, 0.25) is 0 Å². The van der Waals surface area contributed by atoms with Gasteiger partial charge in [0.25, 0.3) is 0 Å². The average molecular weight is 268 g/mol. The van der Waals surface area contributed by atoms with Gasteiger partial charge in [-0.05, 0) is 38.3 Å². The number of carbonyl (C=O) groups is 2. The Morgan fingerprint density at radius 2 is 2.16 bits per heavy atom. The summed E-state index contributed by atoms with van der Waals surface area (Å²) in [5.74, 6) is -0.214. The predicted molar refractivity (Wildman–Crippen MR) is 71.7 cm³/mol. The summed E-state index contributed by atoms with van der Waals surface area (Å²) in [4.78, 5) is 25.7. The molecule has 2 aliphatic heterocycles. The van der Waals surface area contributed by atoms with Crippen molar-refractivity contribution in [1.82, 2.24) is 10.2 Å². The van der Waals surface area contributed by atoms with Crippen molar-refractivity contribution in [1.29, 1.82) is 0 Å². The number of likely N-dealkylation sites (tertiary alicyclic amines) is 1. The van der Waals surface area contributed by atoms with Gasteiger partial charge in [0, 0.05) is 19.0 Å². The number of amides is 1. The van der Waals surface area contributed by atoms with Crippen molar-refractivity contribution in [3.05, 3.63) is 0 Å². The molecule has 0 spiro atoms. The van der Waals surface area contributed by atoms with E-state index in [1.807, 2.05) is 13.8 Å².